The number of esters is 2. The third kappa shape index (κ3) is 50.7. The fraction of sp³-hybridized carbons (Fsp3) is 0.745. The van der Waals surface area contributed by atoms with Gasteiger partial charge in [0.15, 0.2) is 6.10 Å². The fourth-order valence-electron chi connectivity index (χ4n) is 6.91. The number of nitrogens with zero attached hydrogens (tertiary/aromatic N) is 1. The largest absolute Gasteiger partial charge is 0.756 e. The van der Waals surface area contributed by atoms with Gasteiger partial charge >= 0.3 is 11.9 Å². The minimum atomic E-state index is -4.63. The number of hydrogen-bond acceptors (Lipinski definition) is 8. The van der Waals surface area contributed by atoms with Gasteiger partial charge in [0.1, 0.15) is 19.8 Å². The Hall–Kier alpha value is -2.55. The zero-order valence-electron chi connectivity index (χ0n) is 42.4. The number of carbonyl (C=O) groups is 2. The summed E-state index contributed by atoms with van der Waals surface area (Å²) in [4.78, 5) is 37.7. The van der Waals surface area contributed by atoms with Gasteiger partial charge in [-0.1, -0.05) is 189 Å². The van der Waals surface area contributed by atoms with Gasteiger partial charge in [0.05, 0.1) is 27.7 Å². The first-order chi connectivity index (χ1) is 31.5. The number of ether oxygens (including phenoxy) is 2. The lowest BCUT2D eigenvalue weighted by molar-refractivity contribution is -0.870. The van der Waals surface area contributed by atoms with E-state index >= 15 is 0 Å². The van der Waals surface area contributed by atoms with Gasteiger partial charge < -0.3 is 27.9 Å². The van der Waals surface area contributed by atoms with Gasteiger partial charge in [0, 0.05) is 12.8 Å². The summed E-state index contributed by atoms with van der Waals surface area (Å²) >= 11 is 0. The molecule has 0 amide bonds. The van der Waals surface area contributed by atoms with Crippen molar-refractivity contribution in [2.75, 3.05) is 47.5 Å². The Labute approximate surface area is 399 Å². The molecule has 376 valence electrons. The molecule has 0 aromatic carbocycles. The topological polar surface area (TPSA) is 111 Å². The van der Waals surface area contributed by atoms with E-state index in [4.69, 9.17) is 18.5 Å². The summed E-state index contributed by atoms with van der Waals surface area (Å²) in [7, 11) is 1.16. The molecule has 0 spiro atoms. The van der Waals surface area contributed by atoms with Crippen molar-refractivity contribution in [1.82, 2.24) is 0 Å². The van der Waals surface area contributed by atoms with Gasteiger partial charge in [-0.2, -0.15) is 0 Å². The van der Waals surface area contributed by atoms with Crippen LogP contribution in [0, 0.1) is 0 Å². The maximum Gasteiger partial charge on any atom is 0.306 e. The molecule has 0 aromatic heterocycles. The van der Waals surface area contributed by atoms with Crippen LogP contribution in [0.25, 0.3) is 0 Å². The van der Waals surface area contributed by atoms with Crippen LogP contribution < -0.4 is 4.89 Å². The van der Waals surface area contributed by atoms with E-state index in [0.717, 1.165) is 89.9 Å². The highest BCUT2D eigenvalue weighted by atomic mass is 31.2. The van der Waals surface area contributed by atoms with Crippen molar-refractivity contribution in [2.24, 2.45) is 0 Å². The molecule has 0 aliphatic heterocycles. The molecule has 0 heterocycles. The van der Waals surface area contributed by atoms with Crippen LogP contribution in [0.5, 0.6) is 0 Å². The molecule has 0 aliphatic rings. The molecule has 0 fully saturated rings. The lowest BCUT2D eigenvalue weighted by Gasteiger charge is -2.28. The van der Waals surface area contributed by atoms with E-state index in [0.29, 0.717) is 17.4 Å². The molecular weight excluding hydrogens is 834 g/mol. The van der Waals surface area contributed by atoms with Gasteiger partial charge in [0.25, 0.3) is 7.82 Å². The van der Waals surface area contributed by atoms with E-state index in [1.54, 1.807) is 0 Å². The smallest absolute Gasteiger partial charge is 0.306 e. The van der Waals surface area contributed by atoms with Gasteiger partial charge in [-0.3, -0.25) is 14.2 Å². The van der Waals surface area contributed by atoms with Crippen LogP contribution in [0.4, 0.5) is 0 Å². The Morgan fingerprint density at radius 1 is 0.492 bits per heavy atom. The van der Waals surface area contributed by atoms with Crippen LogP contribution >= 0.6 is 7.82 Å². The van der Waals surface area contributed by atoms with E-state index in [1.165, 1.54) is 89.9 Å². The summed E-state index contributed by atoms with van der Waals surface area (Å²) in [5.41, 5.74) is 0. The van der Waals surface area contributed by atoms with Crippen LogP contribution in [0.1, 0.15) is 213 Å². The van der Waals surface area contributed by atoms with Crippen LogP contribution in [-0.4, -0.2) is 70.0 Å². The number of hydrogen-bond donors (Lipinski definition) is 0. The number of allylic oxidation sites excluding steroid dienone is 12. The van der Waals surface area contributed by atoms with Gasteiger partial charge in [-0.25, -0.2) is 0 Å². The lowest BCUT2D eigenvalue weighted by atomic mass is 10.0. The number of phosphoric acid groups is 1. The molecule has 65 heavy (non-hydrogen) atoms. The third-order valence-electron chi connectivity index (χ3n) is 11.0. The van der Waals surface area contributed by atoms with Gasteiger partial charge in [-0.15, -0.1) is 0 Å². The molecule has 0 bridgehead atoms. The first-order valence-corrected chi connectivity index (χ1v) is 27.6. The standard InChI is InChI=1S/C55H98NO8P/c1-6-8-10-12-14-16-18-20-21-22-23-24-25-26-27-28-29-30-31-32-33-34-35-36-38-40-42-44-46-48-55(58)64-53(52-63-65(59,60)62-50-49-56(3,4)5)51-61-54(57)47-45-43-41-39-37-19-17-15-13-11-9-7-2/h8,10,14-17,20-21,23-24,26-27,53H,6-7,9,11-13,18-19,22,25,28-52H2,1-5H3/b10-8-,16-14-,17-15-,21-20-,24-23-,27-26-. The van der Waals surface area contributed by atoms with Crippen LogP contribution in [0.3, 0.4) is 0 Å². The number of quaternary nitrogens is 1. The first-order valence-electron chi connectivity index (χ1n) is 26.1. The highest BCUT2D eigenvalue weighted by Gasteiger charge is 2.21. The van der Waals surface area contributed by atoms with Crippen molar-refractivity contribution in [3.8, 4) is 0 Å². The quantitative estimate of drug-likeness (QED) is 0.0195. The summed E-state index contributed by atoms with van der Waals surface area (Å²) in [6.45, 7) is 4.08. The number of likely N-dealkylation sites (N-methyl/N-ethyl adjacent to an activating group) is 1. The summed E-state index contributed by atoms with van der Waals surface area (Å²) in [6, 6.07) is 0. The van der Waals surface area contributed by atoms with Crippen LogP contribution in [-0.2, 0) is 32.7 Å². The monoisotopic (exact) mass is 932 g/mol. The Kier molecular flexibility index (Phi) is 44.7. The Morgan fingerprint density at radius 2 is 0.877 bits per heavy atom. The SMILES string of the molecule is CC/C=C\C/C=C\C/C=C\C/C=C\C/C=C\CCCCCCCCCCCCCCCC(=O)OC(COC(=O)CCCCCCC/C=C\CCCCC)COP(=O)([O-])OCC[N+](C)(C)C. The number of rotatable bonds is 47. The molecule has 0 N–H and O–H groups in total. The number of carbonyl (C=O) groups excluding carboxylic acids is 2. The highest BCUT2D eigenvalue weighted by Crippen LogP contribution is 2.38. The second-order valence-electron chi connectivity index (χ2n) is 18.5. The molecule has 0 rings (SSSR count). The van der Waals surface area contributed by atoms with Crippen molar-refractivity contribution in [3.63, 3.8) is 0 Å². The molecule has 0 saturated carbocycles. The predicted molar refractivity (Wildman–Crippen MR) is 273 cm³/mol. The zero-order chi connectivity index (χ0) is 47.8. The van der Waals surface area contributed by atoms with Crippen LogP contribution in [0.15, 0.2) is 72.9 Å². The van der Waals surface area contributed by atoms with E-state index < -0.39 is 32.5 Å². The average molecular weight is 932 g/mol. The second kappa shape index (κ2) is 46.6. The van der Waals surface area contributed by atoms with E-state index in [2.05, 4.69) is 86.8 Å². The highest BCUT2D eigenvalue weighted by molar-refractivity contribution is 7.45. The van der Waals surface area contributed by atoms with Crippen molar-refractivity contribution in [3.05, 3.63) is 72.9 Å². The summed E-state index contributed by atoms with van der Waals surface area (Å²) in [6.07, 6.45) is 59.4. The molecule has 0 aromatic rings. The minimum absolute atomic E-state index is 0.0343. The summed E-state index contributed by atoms with van der Waals surface area (Å²) < 4.78 is 34.0. The Bertz CT molecular complexity index is 1330. The Morgan fingerprint density at radius 3 is 1.32 bits per heavy atom. The van der Waals surface area contributed by atoms with Crippen molar-refractivity contribution in [1.29, 1.82) is 0 Å². The second-order valence-corrected chi connectivity index (χ2v) is 19.9. The summed E-state index contributed by atoms with van der Waals surface area (Å²) in [5, 5.41) is 0. The van der Waals surface area contributed by atoms with Crippen molar-refractivity contribution >= 4 is 19.8 Å². The Balaban J connectivity index is 4.14. The number of unbranched alkanes of at least 4 members (excludes halogenated alkanes) is 21. The average Bonchev–Trinajstić information content (AvgIpc) is 3.26. The van der Waals surface area contributed by atoms with Crippen molar-refractivity contribution < 1.29 is 42.1 Å². The summed E-state index contributed by atoms with van der Waals surface area (Å²) in [5.74, 6) is -0.847. The maximum absolute atomic E-state index is 12.7. The van der Waals surface area contributed by atoms with E-state index in [9.17, 15) is 19.0 Å². The zero-order valence-corrected chi connectivity index (χ0v) is 43.3. The maximum atomic E-state index is 12.7. The molecule has 9 nitrogen and oxygen atoms in total. The minimum Gasteiger partial charge on any atom is -0.756 e. The van der Waals surface area contributed by atoms with E-state index in [-0.39, 0.29) is 26.1 Å². The molecule has 0 aliphatic carbocycles. The molecule has 0 saturated heterocycles. The first kappa shape index (κ1) is 62.4. The lowest BCUT2D eigenvalue weighted by Crippen LogP contribution is -2.37. The van der Waals surface area contributed by atoms with Gasteiger partial charge in [0.2, 0.25) is 0 Å². The fourth-order valence-corrected chi connectivity index (χ4v) is 7.64. The number of phosphoric ester groups is 1. The van der Waals surface area contributed by atoms with Crippen LogP contribution in [0.2, 0.25) is 0 Å². The molecule has 2 atom stereocenters. The third-order valence-corrected chi connectivity index (χ3v) is 11.9. The molecular formula is C55H98NO8P. The molecule has 10 heteroatoms. The van der Waals surface area contributed by atoms with E-state index in [1.807, 2.05) is 21.1 Å². The van der Waals surface area contributed by atoms with Gasteiger partial charge in [-0.05, 0) is 83.5 Å². The molecule has 0 radical (unpaired) electrons. The normalized spacial score (nSPS) is 14.0. The van der Waals surface area contributed by atoms with Crippen molar-refractivity contribution in [2.45, 2.75) is 219 Å². The molecule has 2 unspecified atom stereocenters. The predicted octanol–water partition coefficient (Wildman–Crippen LogP) is 15.1.